The number of nitrogens with one attached hydrogen (secondary N) is 1. The van der Waals surface area contributed by atoms with Gasteiger partial charge in [-0.2, -0.15) is 0 Å². The molecule has 0 aromatic carbocycles. The quantitative estimate of drug-likeness (QED) is 0.776. The lowest BCUT2D eigenvalue weighted by atomic mass is 9.69. The van der Waals surface area contributed by atoms with E-state index in [9.17, 15) is 0 Å². The fourth-order valence-corrected chi connectivity index (χ4v) is 2.86. The normalized spacial score (nSPS) is 31.1. The maximum absolute atomic E-state index is 5.95. The molecule has 1 aliphatic rings. The van der Waals surface area contributed by atoms with E-state index in [1.54, 1.807) is 0 Å². The molecular formula is C14H30N2. The molecule has 96 valence electrons. The van der Waals surface area contributed by atoms with Gasteiger partial charge in [0.15, 0.2) is 0 Å². The van der Waals surface area contributed by atoms with Crippen LogP contribution in [0.5, 0.6) is 0 Å². The van der Waals surface area contributed by atoms with E-state index in [1.807, 2.05) is 0 Å². The lowest BCUT2D eigenvalue weighted by molar-refractivity contribution is 0.122. The van der Waals surface area contributed by atoms with Gasteiger partial charge >= 0.3 is 0 Å². The van der Waals surface area contributed by atoms with Crippen LogP contribution in [0.25, 0.3) is 0 Å². The van der Waals surface area contributed by atoms with Crippen molar-refractivity contribution in [1.29, 1.82) is 0 Å². The molecule has 0 aromatic heterocycles. The highest BCUT2D eigenvalue weighted by atomic mass is 15.0. The summed E-state index contributed by atoms with van der Waals surface area (Å²) in [5, 5.41) is 3.75. The fraction of sp³-hybridized carbons (Fsp3) is 1.00. The molecule has 1 saturated carbocycles. The van der Waals surface area contributed by atoms with Gasteiger partial charge in [-0.15, -0.1) is 0 Å². The smallest absolute Gasteiger partial charge is 0.0190 e. The Morgan fingerprint density at radius 2 is 1.69 bits per heavy atom. The predicted octanol–water partition coefficient (Wildman–Crippen LogP) is 2.92. The molecule has 2 nitrogen and oxygen atoms in total. The zero-order valence-electron chi connectivity index (χ0n) is 11.7. The van der Waals surface area contributed by atoms with Crippen LogP contribution in [0.15, 0.2) is 0 Å². The van der Waals surface area contributed by atoms with Crippen molar-refractivity contribution >= 4 is 0 Å². The highest BCUT2D eigenvalue weighted by molar-refractivity contribution is 4.90. The van der Waals surface area contributed by atoms with Crippen LogP contribution in [0.2, 0.25) is 0 Å². The van der Waals surface area contributed by atoms with Gasteiger partial charge in [0.25, 0.3) is 0 Å². The molecule has 0 heterocycles. The van der Waals surface area contributed by atoms with E-state index in [4.69, 9.17) is 5.73 Å². The first-order chi connectivity index (χ1) is 7.32. The molecule has 0 aromatic rings. The first-order valence-corrected chi connectivity index (χ1v) is 6.84. The Hall–Kier alpha value is -0.0800. The summed E-state index contributed by atoms with van der Waals surface area (Å²) in [6.07, 6.45) is 5.45. The highest BCUT2D eigenvalue weighted by Crippen LogP contribution is 2.38. The summed E-state index contributed by atoms with van der Waals surface area (Å²) < 4.78 is 0. The Kier molecular flexibility index (Phi) is 4.81. The van der Waals surface area contributed by atoms with E-state index in [0.717, 1.165) is 5.92 Å². The van der Waals surface area contributed by atoms with E-state index in [0.29, 0.717) is 17.5 Å². The molecular weight excluding hydrogens is 196 g/mol. The summed E-state index contributed by atoms with van der Waals surface area (Å²) in [6.45, 7) is 11.4. The van der Waals surface area contributed by atoms with Crippen molar-refractivity contribution in [2.75, 3.05) is 0 Å². The molecule has 1 rings (SSSR count). The lowest BCUT2D eigenvalue weighted by Gasteiger charge is -2.42. The van der Waals surface area contributed by atoms with Crippen LogP contribution in [0.3, 0.4) is 0 Å². The average Bonchev–Trinajstić information content (AvgIpc) is 2.16. The Morgan fingerprint density at radius 1 is 1.12 bits per heavy atom. The van der Waals surface area contributed by atoms with Gasteiger partial charge in [-0.25, -0.2) is 0 Å². The standard InChI is InChI=1S/C14H30N2/c1-10(15)11(2)16-13-9-7-6-8-12(13)14(3,4)5/h10-13,16H,6-9,15H2,1-5H3. The predicted molar refractivity (Wildman–Crippen MR) is 71.4 cm³/mol. The maximum Gasteiger partial charge on any atom is 0.0190 e. The third-order valence-corrected chi connectivity index (χ3v) is 4.14. The van der Waals surface area contributed by atoms with E-state index in [1.165, 1.54) is 25.7 Å². The molecule has 0 radical (unpaired) electrons. The van der Waals surface area contributed by atoms with Gasteiger partial charge in [-0.3, -0.25) is 0 Å². The third kappa shape index (κ3) is 3.74. The van der Waals surface area contributed by atoms with Gasteiger partial charge in [0.2, 0.25) is 0 Å². The molecule has 0 spiro atoms. The molecule has 0 aliphatic heterocycles. The first-order valence-electron chi connectivity index (χ1n) is 6.84. The number of hydrogen-bond donors (Lipinski definition) is 2. The second-order valence-corrected chi connectivity index (χ2v) is 6.68. The van der Waals surface area contributed by atoms with E-state index >= 15 is 0 Å². The Labute approximate surface area is 101 Å². The van der Waals surface area contributed by atoms with Crippen molar-refractivity contribution in [2.24, 2.45) is 17.1 Å². The fourth-order valence-electron chi connectivity index (χ4n) is 2.86. The molecule has 3 N–H and O–H groups in total. The molecule has 0 amide bonds. The van der Waals surface area contributed by atoms with Crippen molar-refractivity contribution in [3.8, 4) is 0 Å². The number of rotatable bonds is 3. The van der Waals surface area contributed by atoms with Gasteiger partial charge in [0.05, 0.1) is 0 Å². The minimum absolute atomic E-state index is 0.238. The Balaban J connectivity index is 2.60. The second kappa shape index (κ2) is 5.50. The van der Waals surface area contributed by atoms with Crippen LogP contribution in [-0.2, 0) is 0 Å². The largest absolute Gasteiger partial charge is 0.327 e. The molecule has 4 unspecified atom stereocenters. The van der Waals surface area contributed by atoms with Gasteiger partial charge < -0.3 is 11.1 Å². The SMILES string of the molecule is CC(N)C(C)NC1CCCCC1C(C)(C)C. The minimum Gasteiger partial charge on any atom is -0.327 e. The van der Waals surface area contributed by atoms with Crippen molar-refractivity contribution in [3.05, 3.63) is 0 Å². The van der Waals surface area contributed by atoms with Crippen LogP contribution >= 0.6 is 0 Å². The topological polar surface area (TPSA) is 38.0 Å². The molecule has 0 bridgehead atoms. The number of nitrogens with two attached hydrogens (primary N) is 1. The Bertz CT molecular complexity index is 205. The molecule has 0 saturated heterocycles. The third-order valence-electron chi connectivity index (χ3n) is 4.14. The lowest BCUT2D eigenvalue weighted by Crippen LogP contribution is -2.52. The molecule has 4 atom stereocenters. The summed E-state index contributed by atoms with van der Waals surface area (Å²) in [5.74, 6) is 0.794. The molecule has 16 heavy (non-hydrogen) atoms. The highest BCUT2D eigenvalue weighted by Gasteiger charge is 2.34. The Morgan fingerprint density at radius 3 is 2.19 bits per heavy atom. The van der Waals surface area contributed by atoms with Gasteiger partial charge in [0, 0.05) is 18.1 Å². The van der Waals surface area contributed by atoms with Crippen molar-refractivity contribution in [1.82, 2.24) is 5.32 Å². The van der Waals surface area contributed by atoms with Gasteiger partial charge in [-0.05, 0) is 38.0 Å². The number of hydrogen-bond acceptors (Lipinski definition) is 2. The van der Waals surface area contributed by atoms with Crippen LogP contribution in [0.1, 0.15) is 60.3 Å². The summed E-state index contributed by atoms with van der Waals surface area (Å²) in [6, 6.07) is 1.32. The van der Waals surface area contributed by atoms with Gasteiger partial charge in [0.1, 0.15) is 0 Å². The van der Waals surface area contributed by atoms with Crippen LogP contribution in [0.4, 0.5) is 0 Å². The van der Waals surface area contributed by atoms with Gasteiger partial charge in [-0.1, -0.05) is 33.6 Å². The molecule has 1 fully saturated rings. The zero-order chi connectivity index (χ0) is 12.3. The molecule has 2 heteroatoms. The minimum atomic E-state index is 0.238. The summed E-state index contributed by atoms with van der Waals surface area (Å²) in [5.41, 5.74) is 6.36. The van der Waals surface area contributed by atoms with E-state index < -0.39 is 0 Å². The zero-order valence-corrected chi connectivity index (χ0v) is 11.7. The summed E-state index contributed by atoms with van der Waals surface area (Å²) in [4.78, 5) is 0. The maximum atomic E-state index is 5.95. The van der Waals surface area contributed by atoms with Crippen LogP contribution in [-0.4, -0.2) is 18.1 Å². The van der Waals surface area contributed by atoms with Crippen molar-refractivity contribution < 1.29 is 0 Å². The van der Waals surface area contributed by atoms with E-state index in [2.05, 4.69) is 39.9 Å². The second-order valence-electron chi connectivity index (χ2n) is 6.68. The van der Waals surface area contributed by atoms with Crippen LogP contribution < -0.4 is 11.1 Å². The monoisotopic (exact) mass is 226 g/mol. The average molecular weight is 226 g/mol. The van der Waals surface area contributed by atoms with Crippen molar-refractivity contribution in [3.63, 3.8) is 0 Å². The van der Waals surface area contributed by atoms with Crippen molar-refractivity contribution in [2.45, 2.75) is 78.4 Å². The van der Waals surface area contributed by atoms with Crippen LogP contribution in [0, 0.1) is 11.3 Å². The summed E-state index contributed by atoms with van der Waals surface area (Å²) in [7, 11) is 0. The molecule has 1 aliphatic carbocycles. The summed E-state index contributed by atoms with van der Waals surface area (Å²) >= 11 is 0. The first kappa shape index (κ1) is 14.0. The van der Waals surface area contributed by atoms with E-state index in [-0.39, 0.29) is 6.04 Å².